The molecule has 0 aliphatic rings. The number of anilines is 1. The van der Waals surface area contributed by atoms with Gasteiger partial charge in [0.1, 0.15) is 11.6 Å². The molecule has 2 aromatic rings. The molecule has 1 amide bonds. The number of hydrogen-bond donors (Lipinski definition) is 3. The molecule has 2 rings (SSSR count). The lowest BCUT2D eigenvalue weighted by Crippen LogP contribution is -2.33. The summed E-state index contributed by atoms with van der Waals surface area (Å²) in [4.78, 5) is 26.3. The first-order chi connectivity index (χ1) is 10.1. The third-order valence-electron chi connectivity index (χ3n) is 2.45. The second kappa shape index (κ2) is 6.90. The van der Waals surface area contributed by atoms with E-state index in [-0.39, 0.29) is 12.2 Å². The molecule has 1 heterocycles. The van der Waals surface area contributed by atoms with Crippen LogP contribution in [0.2, 0.25) is 0 Å². The number of carboxylic acid groups (broad SMARTS) is 1. The summed E-state index contributed by atoms with van der Waals surface area (Å²) < 4.78 is 5.21. The Morgan fingerprint density at radius 2 is 2.05 bits per heavy atom. The van der Waals surface area contributed by atoms with Crippen LogP contribution in [0.1, 0.15) is 10.4 Å². The van der Waals surface area contributed by atoms with Crippen LogP contribution in [0.25, 0.3) is 0 Å². The molecule has 0 saturated heterocycles. The third-order valence-corrected chi connectivity index (χ3v) is 2.45. The van der Waals surface area contributed by atoms with Gasteiger partial charge in [-0.25, -0.2) is 9.78 Å². The number of carbonyl (C=O) groups is 2. The Kier molecular flexibility index (Phi) is 4.70. The molecule has 0 unspecified atom stereocenters. The first-order valence-corrected chi connectivity index (χ1v) is 6.07. The third kappa shape index (κ3) is 4.50. The standard InChI is InChI=1S/C14H13N3O4/c18-13(17-16-12-6-1-2-7-15-12)9-21-11-5-3-4-10(8-11)14(19)20/h1-8H,9H2,(H,15,16)(H,17,18)(H,19,20). The summed E-state index contributed by atoms with van der Waals surface area (Å²) in [6, 6.07) is 11.1. The maximum absolute atomic E-state index is 11.6. The summed E-state index contributed by atoms with van der Waals surface area (Å²) in [5.74, 6) is -0.662. The van der Waals surface area contributed by atoms with Gasteiger partial charge in [0.25, 0.3) is 5.91 Å². The van der Waals surface area contributed by atoms with Gasteiger partial charge in [-0.05, 0) is 30.3 Å². The molecule has 0 aliphatic carbocycles. The van der Waals surface area contributed by atoms with Crippen molar-refractivity contribution in [2.45, 2.75) is 0 Å². The van der Waals surface area contributed by atoms with Crippen LogP contribution in [-0.4, -0.2) is 28.6 Å². The number of nitrogens with zero attached hydrogens (tertiary/aromatic N) is 1. The summed E-state index contributed by atoms with van der Waals surface area (Å²) in [5, 5.41) is 8.85. The number of nitrogens with one attached hydrogen (secondary N) is 2. The molecule has 0 atom stereocenters. The van der Waals surface area contributed by atoms with Crippen LogP contribution in [0, 0.1) is 0 Å². The molecule has 7 heteroatoms. The largest absolute Gasteiger partial charge is 0.484 e. The lowest BCUT2D eigenvalue weighted by atomic mass is 10.2. The molecule has 7 nitrogen and oxygen atoms in total. The molecule has 0 spiro atoms. The molecular weight excluding hydrogens is 274 g/mol. The van der Waals surface area contributed by atoms with Crippen molar-refractivity contribution in [3.8, 4) is 5.75 Å². The second-order valence-electron chi connectivity index (χ2n) is 4.01. The van der Waals surface area contributed by atoms with Gasteiger partial charge < -0.3 is 9.84 Å². The first kappa shape index (κ1) is 14.3. The Bertz CT molecular complexity index is 631. The highest BCUT2D eigenvalue weighted by atomic mass is 16.5. The quantitative estimate of drug-likeness (QED) is 0.692. The average molecular weight is 287 g/mol. The molecule has 0 fully saturated rings. The van der Waals surface area contributed by atoms with E-state index in [1.807, 2.05) is 0 Å². The molecule has 21 heavy (non-hydrogen) atoms. The zero-order valence-corrected chi connectivity index (χ0v) is 10.9. The van der Waals surface area contributed by atoms with Crippen LogP contribution in [0.5, 0.6) is 5.75 Å². The molecule has 1 aromatic carbocycles. The highest BCUT2D eigenvalue weighted by Gasteiger charge is 2.06. The van der Waals surface area contributed by atoms with Crippen molar-refractivity contribution < 1.29 is 19.4 Å². The number of benzene rings is 1. The predicted octanol–water partition coefficient (Wildman–Crippen LogP) is 1.30. The zero-order valence-electron chi connectivity index (χ0n) is 10.9. The van der Waals surface area contributed by atoms with Gasteiger partial charge in [-0.2, -0.15) is 0 Å². The van der Waals surface area contributed by atoms with Crippen molar-refractivity contribution in [1.29, 1.82) is 0 Å². The fourth-order valence-electron chi connectivity index (χ4n) is 1.47. The Labute approximate surface area is 120 Å². The van der Waals surface area contributed by atoms with Crippen LogP contribution in [0.3, 0.4) is 0 Å². The highest BCUT2D eigenvalue weighted by molar-refractivity contribution is 5.88. The minimum absolute atomic E-state index is 0.0968. The van der Waals surface area contributed by atoms with Gasteiger partial charge in [0.2, 0.25) is 0 Å². The number of hydrogen-bond acceptors (Lipinski definition) is 5. The van der Waals surface area contributed by atoms with Crippen LogP contribution < -0.4 is 15.6 Å². The van der Waals surface area contributed by atoms with Gasteiger partial charge in [0.05, 0.1) is 5.56 Å². The summed E-state index contributed by atoms with van der Waals surface area (Å²) in [5.41, 5.74) is 5.14. The number of pyridine rings is 1. The topological polar surface area (TPSA) is 101 Å². The van der Waals surface area contributed by atoms with E-state index in [1.54, 1.807) is 36.5 Å². The Hall–Kier alpha value is -3.09. The summed E-state index contributed by atoms with van der Waals surface area (Å²) in [6.07, 6.45) is 1.59. The fourth-order valence-corrected chi connectivity index (χ4v) is 1.47. The lowest BCUT2D eigenvalue weighted by molar-refractivity contribution is -0.122. The van der Waals surface area contributed by atoms with E-state index in [1.165, 1.54) is 12.1 Å². The number of carboxylic acids is 1. The number of rotatable bonds is 6. The van der Waals surface area contributed by atoms with Crippen LogP contribution in [0.15, 0.2) is 48.7 Å². The van der Waals surface area contributed by atoms with Gasteiger partial charge in [-0.15, -0.1) is 0 Å². The van der Waals surface area contributed by atoms with Crippen LogP contribution in [-0.2, 0) is 4.79 Å². The number of amides is 1. The summed E-state index contributed by atoms with van der Waals surface area (Å²) in [7, 11) is 0. The Balaban J connectivity index is 1.81. The number of ether oxygens (including phenoxy) is 1. The number of aromatic carboxylic acids is 1. The van der Waals surface area contributed by atoms with Gasteiger partial charge >= 0.3 is 5.97 Å². The van der Waals surface area contributed by atoms with Crippen molar-refractivity contribution in [2.24, 2.45) is 0 Å². The molecule has 3 N–H and O–H groups in total. The Morgan fingerprint density at radius 1 is 1.19 bits per heavy atom. The second-order valence-corrected chi connectivity index (χ2v) is 4.01. The summed E-state index contributed by atoms with van der Waals surface area (Å²) >= 11 is 0. The monoisotopic (exact) mass is 287 g/mol. The maximum atomic E-state index is 11.6. The lowest BCUT2D eigenvalue weighted by Gasteiger charge is -2.09. The molecule has 0 radical (unpaired) electrons. The zero-order chi connectivity index (χ0) is 15.1. The van der Waals surface area contributed by atoms with Crippen molar-refractivity contribution in [1.82, 2.24) is 10.4 Å². The fraction of sp³-hybridized carbons (Fsp3) is 0.0714. The van der Waals surface area contributed by atoms with Gasteiger partial charge in [0.15, 0.2) is 6.61 Å². The number of carbonyl (C=O) groups excluding carboxylic acids is 1. The molecule has 1 aromatic heterocycles. The minimum Gasteiger partial charge on any atom is -0.484 e. The van der Waals surface area contributed by atoms with E-state index in [2.05, 4.69) is 15.8 Å². The van der Waals surface area contributed by atoms with Crippen molar-refractivity contribution in [3.05, 3.63) is 54.2 Å². The Morgan fingerprint density at radius 3 is 2.76 bits per heavy atom. The maximum Gasteiger partial charge on any atom is 0.335 e. The van der Waals surface area contributed by atoms with Crippen LogP contribution >= 0.6 is 0 Å². The summed E-state index contributed by atoms with van der Waals surface area (Å²) in [6.45, 7) is -0.247. The molecular formula is C14H13N3O4. The molecule has 0 saturated carbocycles. The molecule has 0 bridgehead atoms. The first-order valence-electron chi connectivity index (χ1n) is 6.07. The van der Waals surface area contributed by atoms with Gasteiger partial charge in [-0.1, -0.05) is 12.1 Å². The van der Waals surface area contributed by atoms with E-state index < -0.39 is 11.9 Å². The van der Waals surface area contributed by atoms with Gasteiger partial charge in [-0.3, -0.25) is 15.6 Å². The van der Waals surface area contributed by atoms with E-state index in [4.69, 9.17) is 9.84 Å². The minimum atomic E-state index is -1.05. The normalized spacial score (nSPS) is 9.71. The van der Waals surface area contributed by atoms with Crippen molar-refractivity contribution in [3.63, 3.8) is 0 Å². The average Bonchev–Trinajstić information content (AvgIpc) is 2.52. The SMILES string of the molecule is O=C(COc1cccc(C(=O)O)c1)NNc1ccccn1. The van der Waals surface area contributed by atoms with E-state index >= 15 is 0 Å². The number of aromatic nitrogens is 1. The van der Waals surface area contributed by atoms with E-state index in [9.17, 15) is 9.59 Å². The highest BCUT2D eigenvalue weighted by Crippen LogP contribution is 2.13. The van der Waals surface area contributed by atoms with Crippen molar-refractivity contribution >= 4 is 17.7 Å². The molecule has 108 valence electrons. The smallest absolute Gasteiger partial charge is 0.335 e. The van der Waals surface area contributed by atoms with Gasteiger partial charge in [0, 0.05) is 6.20 Å². The van der Waals surface area contributed by atoms with Crippen molar-refractivity contribution in [2.75, 3.05) is 12.0 Å². The van der Waals surface area contributed by atoms with E-state index in [0.29, 0.717) is 11.6 Å². The predicted molar refractivity (Wildman–Crippen MR) is 74.9 cm³/mol. The number of hydrazine groups is 1. The molecule has 0 aliphatic heterocycles. The van der Waals surface area contributed by atoms with E-state index in [0.717, 1.165) is 0 Å². The van der Waals surface area contributed by atoms with Crippen LogP contribution in [0.4, 0.5) is 5.82 Å².